The first-order valence-corrected chi connectivity index (χ1v) is 6.54. The number of benzene rings is 1. The van der Waals surface area contributed by atoms with Crippen molar-refractivity contribution in [1.82, 2.24) is 15.0 Å². The summed E-state index contributed by atoms with van der Waals surface area (Å²) in [4.78, 5) is 0. The Kier molecular flexibility index (Phi) is 3.21. The molecule has 5 nitrogen and oxygen atoms in total. The molecule has 1 aromatic carbocycles. The summed E-state index contributed by atoms with van der Waals surface area (Å²) in [7, 11) is 1.64. The molecule has 3 rings (SSSR count). The second kappa shape index (κ2) is 5.01. The van der Waals surface area contributed by atoms with E-state index in [0.29, 0.717) is 11.6 Å². The maximum atomic E-state index is 9.43. The number of aliphatic hydroxyl groups excluding tert-OH is 1. The van der Waals surface area contributed by atoms with Gasteiger partial charge in [0.2, 0.25) is 0 Å². The van der Waals surface area contributed by atoms with Gasteiger partial charge in [-0.25, -0.2) is 4.68 Å². The Bertz CT molecular complexity index is 576. The number of aromatic nitrogens is 3. The number of hydrogen-bond acceptors (Lipinski definition) is 4. The number of methoxy groups -OCH3 is 1. The van der Waals surface area contributed by atoms with Crippen LogP contribution in [0.4, 0.5) is 0 Å². The minimum absolute atomic E-state index is 0.0685. The van der Waals surface area contributed by atoms with Crippen LogP contribution < -0.4 is 4.74 Å². The van der Waals surface area contributed by atoms with Crippen LogP contribution in [0.5, 0.6) is 5.75 Å². The fraction of sp³-hybridized carbons (Fsp3) is 0.429. The zero-order valence-corrected chi connectivity index (χ0v) is 10.9. The molecule has 0 saturated heterocycles. The van der Waals surface area contributed by atoms with Crippen molar-refractivity contribution in [1.29, 1.82) is 0 Å². The molecule has 0 unspecified atom stereocenters. The maximum Gasteiger partial charge on any atom is 0.144 e. The second-order valence-corrected chi connectivity index (χ2v) is 4.79. The van der Waals surface area contributed by atoms with E-state index in [2.05, 4.69) is 10.3 Å². The molecule has 0 aliphatic heterocycles. The van der Waals surface area contributed by atoms with E-state index in [1.165, 1.54) is 6.42 Å². The van der Waals surface area contributed by atoms with E-state index in [9.17, 15) is 5.11 Å². The summed E-state index contributed by atoms with van der Waals surface area (Å²) in [6.45, 7) is -0.0685. The molecule has 1 N–H and O–H groups in total. The number of rotatable bonds is 4. The summed E-state index contributed by atoms with van der Waals surface area (Å²) in [6, 6.07) is 7.73. The molecular weight excluding hydrogens is 242 g/mol. The van der Waals surface area contributed by atoms with Gasteiger partial charge in [0.1, 0.15) is 17.1 Å². The smallest absolute Gasteiger partial charge is 0.144 e. The monoisotopic (exact) mass is 259 g/mol. The Morgan fingerprint density at radius 1 is 1.37 bits per heavy atom. The van der Waals surface area contributed by atoms with Gasteiger partial charge >= 0.3 is 0 Å². The molecule has 1 saturated carbocycles. The van der Waals surface area contributed by atoms with Crippen LogP contribution >= 0.6 is 0 Å². The van der Waals surface area contributed by atoms with Crippen LogP contribution in [0.1, 0.15) is 36.6 Å². The highest BCUT2D eigenvalue weighted by atomic mass is 16.5. The third-order valence-electron chi connectivity index (χ3n) is 3.73. The molecule has 1 aliphatic carbocycles. The maximum absolute atomic E-state index is 9.43. The van der Waals surface area contributed by atoms with Crippen molar-refractivity contribution in [2.75, 3.05) is 7.11 Å². The lowest BCUT2D eigenvalue weighted by Gasteiger charge is -2.26. The van der Waals surface area contributed by atoms with Crippen molar-refractivity contribution < 1.29 is 9.84 Å². The van der Waals surface area contributed by atoms with Crippen molar-refractivity contribution in [3.8, 4) is 11.4 Å². The Morgan fingerprint density at radius 2 is 2.16 bits per heavy atom. The lowest BCUT2D eigenvalue weighted by atomic mass is 9.82. The molecule has 19 heavy (non-hydrogen) atoms. The standard InChI is InChI=1S/C14H17N3O2/c1-19-13-8-3-2-7-12(13)17-14(10-5-4-6-10)11(9-18)15-16-17/h2-3,7-8,10,18H,4-6,9H2,1H3. The predicted molar refractivity (Wildman–Crippen MR) is 70.4 cm³/mol. The molecule has 0 spiro atoms. The summed E-state index contributed by atoms with van der Waals surface area (Å²) < 4.78 is 7.19. The molecular formula is C14H17N3O2. The fourth-order valence-electron chi connectivity index (χ4n) is 2.51. The predicted octanol–water partition coefficient (Wildman–Crippen LogP) is 2.04. The number of aliphatic hydroxyl groups is 1. The highest BCUT2D eigenvalue weighted by molar-refractivity contribution is 5.47. The van der Waals surface area contributed by atoms with Gasteiger partial charge in [-0.3, -0.25) is 0 Å². The van der Waals surface area contributed by atoms with Crippen molar-refractivity contribution in [2.45, 2.75) is 31.8 Å². The van der Waals surface area contributed by atoms with E-state index in [-0.39, 0.29) is 6.61 Å². The molecule has 1 fully saturated rings. The number of ether oxygens (including phenoxy) is 1. The van der Waals surface area contributed by atoms with Crippen LogP contribution in [-0.4, -0.2) is 27.2 Å². The lowest BCUT2D eigenvalue weighted by Crippen LogP contribution is -2.16. The summed E-state index contributed by atoms with van der Waals surface area (Å²) >= 11 is 0. The van der Waals surface area contributed by atoms with Gasteiger partial charge in [0.15, 0.2) is 0 Å². The highest BCUT2D eigenvalue weighted by Crippen LogP contribution is 2.39. The van der Waals surface area contributed by atoms with Crippen LogP contribution in [-0.2, 0) is 6.61 Å². The van der Waals surface area contributed by atoms with Crippen molar-refractivity contribution >= 4 is 0 Å². The van der Waals surface area contributed by atoms with E-state index in [0.717, 1.165) is 30.0 Å². The Morgan fingerprint density at radius 3 is 2.79 bits per heavy atom. The zero-order valence-electron chi connectivity index (χ0n) is 10.9. The van der Waals surface area contributed by atoms with Crippen LogP contribution in [0.25, 0.3) is 5.69 Å². The lowest BCUT2D eigenvalue weighted by molar-refractivity contribution is 0.272. The van der Waals surface area contributed by atoms with Crippen LogP contribution in [0.15, 0.2) is 24.3 Å². The van der Waals surface area contributed by atoms with Crippen molar-refractivity contribution in [3.63, 3.8) is 0 Å². The molecule has 1 heterocycles. The molecule has 0 atom stereocenters. The largest absolute Gasteiger partial charge is 0.494 e. The minimum atomic E-state index is -0.0685. The molecule has 0 radical (unpaired) electrons. The average Bonchev–Trinajstić information content (AvgIpc) is 2.80. The topological polar surface area (TPSA) is 60.2 Å². The van der Waals surface area contributed by atoms with E-state index in [1.807, 2.05) is 28.9 Å². The van der Waals surface area contributed by atoms with E-state index < -0.39 is 0 Å². The molecule has 0 bridgehead atoms. The highest BCUT2D eigenvalue weighted by Gasteiger charge is 2.28. The Labute approximate surface area is 111 Å². The first-order valence-electron chi connectivity index (χ1n) is 6.54. The quantitative estimate of drug-likeness (QED) is 0.912. The molecule has 1 aromatic heterocycles. The summed E-state index contributed by atoms with van der Waals surface area (Å²) in [5.74, 6) is 1.21. The number of hydrogen-bond donors (Lipinski definition) is 1. The normalized spacial score (nSPS) is 15.3. The minimum Gasteiger partial charge on any atom is -0.494 e. The SMILES string of the molecule is COc1ccccc1-n1nnc(CO)c1C1CCC1. The van der Waals surface area contributed by atoms with E-state index in [4.69, 9.17) is 4.74 Å². The average molecular weight is 259 g/mol. The fourth-order valence-corrected chi connectivity index (χ4v) is 2.51. The summed E-state index contributed by atoms with van der Waals surface area (Å²) in [6.07, 6.45) is 3.50. The second-order valence-electron chi connectivity index (χ2n) is 4.79. The zero-order chi connectivity index (χ0) is 13.2. The van der Waals surface area contributed by atoms with Gasteiger partial charge in [0.25, 0.3) is 0 Å². The first-order chi connectivity index (χ1) is 9.35. The number of nitrogens with zero attached hydrogens (tertiary/aromatic N) is 3. The van der Waals surface area contributed by atoms with E-state index >= 15 is 0 Å². The molecule has 100 valence electrons. The third-order valence-corrected chi connectivity index (χ3v) is 3.73. The summed E-state index contributed by atoms with van der Waals surface area (Å²) in [5, 5.41) is 17.7. The molecule has 0 amide bonds. The van der Waals surface area contributed by atoms with Crippen molar-refractivity contribution in [2.24, 2.45) is 0 Å². The van der Waals surface area contributed by atoms with Gasteiger partial charge in [-0.2, -0.15) is 0 Å². The van der Waals surface area contributed by atoms with Crippen molar-refractivity contribution in [3.05, 3.63) is 35.7 Å². The van der Waals surface area contributed by atoms with Crippen LogP contribution in [0.2, 0.25) is 0 Å². The molecule has 5 heteroatoms. The first kappa shape index (κ1) is 12.2. The molecule has 1 aliphatic rings. The van der Waals surface area contributed by atoms with Gasteiger partial charge in [-0.15, -0.1) is 5.10 Å². The molecule has 2 aromatic rings. The Balaban J connectivity index is 2.11. The van der Waals surface area contributed by atoms with Gasteiger partial charge in [0.05, 0.1) is 19.4 Å². The number of para-hydroxylation sites is 2. The summed E-state index contributed by atoms with van der Waals surface area (Å²) in [5.41, 5.74) is 2.58. The van der Waals surface area contributed by atoms with Gasteiger partial charge in [-0.05, 0) is 25.0 Å². The van der Waals surface area contributed by atoms with Crippen LogP contribution in [0.3, 0.4) is 0 Å². The van der Waals surface area contributed by atoms with Crippen LogP contribution in [0, 0.1) is 0 Å². The third kappa shape index (κ3) is 2.00. The Hall–Kier alpha value is -1.88. The van der Waals surface area contributed by atoms with Gasteiger partial charge in [-0.1, -0.05) is 23.8 Å². The van der Waals surface area contributed by atoms with E-state index in [1.54, 1.807) is 7.11 Å². The van der Waals surface area contributed by atoms with Gasteiger partial charge in [0, 0.05) is 5.92 Å². The van der Waals surface area contributed by atoms with Gasteiger partial charge < -0.3 is 9.84 Å².